The third-order valence-corrected chi connectivity index (χ3v) is 3.75. The minimum atomic E-state index is 0.668. The summed E-state index contributed by atoms with van der Waals surface area (Å²) < 4.78 is 0. The molecular formula is C13H16N2S. The van der Waals surface area contributed by atoms with Gasteiger partial charge in [0.25, 0.3) is 0 Å². The van der Waals surface area contributed by atoms with E-state index >= 15 is 0 Å². The number of nitrogen functional groups attached to an aromatic ring is 1. The number of nitrogens with zero attached hydrogens (tertiary/aromatic N) is 1. The Labute approximate surface area is 100 Å². The summed E-state index contributed by atoms with van der Waals surface area (Å²) in [6.07, 6.45) is 2.02. The topological polar surface area (TPSA) is 38.9 Å². The number of aryl methyl sites for hydroxylation is 2. The highest BCUT2D eigenvalue weighted by Gasteiger charge is 2.08. The first-order chi connectivity index (χ1) is 7.70. The zero-order valence-electron chi connectivity index (χ0n) is 9.66. The summed E-state index contributed by atoms with van der Waals surface area (Å²) >= 11 is 1.60. The van der Waals surface area contributed by atoms with Crippen LogP contribution in [0.2, 0.25) is 0 Å². The van der Waals surface area contributed by atoms with Gasteiger partial charge in [0.15, 0.2) is 5.13 Å². The van der Waals surface area contributed by atoms with E-state index in [4.69, 9.17) is 5.73 Å². The highest BCUT2D eigenvalue weighted by molar-refractivity contribution is 7.15. The fraction of sp³-hybridized carbons (Fsp3) is 0.308. The molecule has 0 aliphatic rings. The normalized spacial score (nSPS) is 10.6. The Bertz CT molecular complexity index is 488. The summed E-state index contributed by atoms with van der Waals surface area (Å²) in [7, 11) is 0. The Morgan fingerprint density at radius 2 is 1.94 bits per heavy atom. The number of benzene rings is 1. The van der Waals surface area contributed by atoms with Crippen molar-refractivity contribution in [3.63, 3.8) is 0 Å². The van der Waals surface area contributed by atoms with E-state index in [1.165, 1.54) is 16.0 Å². The molecule has 0 fully saturated rings. The van der Waals surface area contributed by atoms with Crippen LogP contribution in [-0.2, 0) is 12.8 Å². The van der Waals surface area contributed by atoms with Crippen molar-refractivity contribution in [2.45, 2.75) is 26.7 Å². The molecule has 0 bridgehead atoms. The summed E-state index contributed by atoms with van der Waals surface area (Å²) in [5.41, 5.74) is 9.57. The lowest BCUT2D eigenvalue weighted by atomic mass is 10.0. The van der Waals surface area contributed by atoms with Crippen molar-refractivity contribution in [3.8, 4) is 0 Å². The molecule has 1 aromatic carbocycles. The van der Waals surface area contributed by atoms with Crippen LogP contribution in [0.5, 0.6) is 0 Å². The lowest BCUT2D eigenvalue weighted by Crippen LogP contribution is -1.93. The molecule has 0 saturated heterocycles. The second kappa shape index (κ2) is 4.66. The SMILES string of the molecule is CCc1ccccc1Cc1sc(N)nc1C. The Hall–Kier alpha value is -1.35. The maximum Gasteiger partial charge on any atom is 0.180 e. The molecule has 84 valence electrons. The van der Waals surface area contributed by atoms with E-state index in [-0.39, 0.29) is 0 Å². The Morgan fingerprint density at radius 3 is 2.50 bits per heavy atom. The van der Waals surface area contributed by atoms with E-state index < -0.39 is 0 Å². The van der Waals surface area contributed by atoms with Gasteiger partial charge in [0.05, 0.1) is 5.69 Å². The summed E-state index contributed by atoms with van der Waals surface area (Å²) in [4.78, 5) is 5.54. The fourth-order valence-electron chi connectivity index (χ4n) is 1.86. The van der Waals surface area contributed by atoms with Gasteiger partial charge in [-0.1, -0.05) is 31.2 Å². The van der Waals surface area contributed by atoms with E-state index in [9.17, 15) is 0 Å². The molecule has 2 rings (SSSR count). The lowest BCUT2D eigenvalue weighted by Gasteiger charge is -2.06. The van der Waals surface area contributed by atoms with E-state index in [2.05, 4.69) is 36.2 Å². The van der Waals surface area contributed by atoms with E-state index in [0.717, 1.165) is 18.5 Å². The van der Waals surface area contributed by atoms with Gasteiger partial charge in [-0.15, -0.1) is 11.3 Å². The third-order valence-electron chi connectivity index (χ3n) is 2.76. The fourth-order valence-corrected chi connectivity index (χ4v) is 2.72. The average molecular weight is 232 g/mol. The largest absolute Gasteiger partial charge is 0.375 e. The van der Waals surface area contributed by atoms with Gasteiger partial charge in [0.1, 0.15) is 0 Å². The molecule has 0 saturated carbocycles. The van der Waals surface area contributed by atoms with Gasteiger partial charge in [0, 0.05) is 11.3 Å². The van der Waals surface area contributed by atoms with Gasteiger partial charge in [0.2, 0.25) is 0 Å². The van der Waals surface area contributed by atoms with Crippen LogP contribution >= 0.6 is 11.3 Å². The number of hydrogen-bond acceptors (Lipinski definition) is 3. The standard InChI is InChI=1S/C13H16N2S/c1-3-10-6-4-5-7-11(10)8-12-9(2)15-13(14)16-12/h4-7H,3,8H2,1-2H3,(H2,14,15). The van der Waals surface area contributed by atoms with Gasteiger partial charge in [-0.05, 0) is 24.5 Å². The van der Waals surface area contributed by atoms with Gasteiger partial charge in [-0.25, -0.2) is 4.98 Å². The van der Waals surface area contributed by atoms with Crippen LogP contribution < -0.4 is 5.73 Å². The van der Waals surface area contributed by atoms with E-state index in [1.54, 1.807) is 11.3 Å². The number of aromatic nitrogens is 1. The molecule has 2 nitrogen and oxygen atoms in total. The van der Waals surface area contributed by atoms with Gasteiger partial charge >= 0.3 is 0 Å². The number of anilines is 1. The van der Waals surface area contributed by atoms with Crippen LogP contribution in [0.4, 0.5) is 5.13 Å². The second-order valence-corrected chi connectivity index (χ2v) is 4.97. The lowest BCUT2D eigenvalue weighted by molar-refractivity contribution is 1.06. The van der Waals surface area contributed by atoms with Crippen molar-refractivity contribution in [2.24, 2.45) is 0 Å². The zero-order valence-corrected chi connectivity index (χ0v) is 10.5. The predicted octanol–water partition coefficient (Wildman–Crippen LogP) is 3.19. The van der Waals surface area contributed by atoms with Crippen LogP contribution in [0.25, 0.3) is 0 Å². The molecule has 3 heteroatoms. The van der Waals surface area contributed by atoms with Crippen LogP contribution in [0, 0.1) is 6.92 Å². The molecule has 16 heavy (non-hydrogen) atoms. The predicted molar refractivity (Wildman–Crippen MR) is 69.9 cm³/mol. The number of nitrogens with two attached hydrogens (primary N) is 1. The maximum absolute atomic E-state index is 5.71. The molecule has 0 spiro atoms. The molecule has 0 aliphatic carbocycles. The second-order valence-electron chi connectivity index (χ2n) is 3.86. The smallest absolute Gasteiger partial charge is 0.180 e. The van der Waals surface area contributed by atoms with Crippen molar-refractivity contribution in [1.82, 2.24) is 4.98 Å². The highest BCUT2D eigenvalue weighted by atomic mass is 32.1. The van der Waals surface area contributed by atoms with Gasteiger partial charge in [-0.2, -0.15) is 0 Å². The minimum Gasteiger partial charge on any atom is -0.375 e. The summed E-state index contributed by atoms with van der Waals surface area (Å²) in [6, 6.07) is 8.56. The van der Waals surface area contributed by atoms with Crippen LogP contribution in [-0.4, -0.2) is 4.98 Å². The van der Waals surface area contributed by atoms with Crippen molar-refractivity contribution in [1.29, 1.82) is 0 Å². The molecule has 2 N–H and O–H groups in total. The molecule has 2 aromatic rings. The van der Waals surface area contributed by atoms with Crippen LogP contribution in [0.3, 0.4) is 0 Å². The summed E-state index contributed by atoms with van der Waals surface area (Å²) in [5.74, 6) is 0. The summed E-state index contributed by atoms with van der Waals surface area (Å²) in [6.45, 7) is 4.21. The van der Waals surface area contributed by atoms with Gasteiger partial charge < -0.3 is 5.73 Å². The van der Waals surface area contributed by atoms with Crippen molar-refractivity contribution >= 4 is 16.5 Å². The molecule has 0 amide bonds. The zero-order chi connectivity index (χ0) is 11.5. The number of rotatable bonds is 3. The van der Waals surface area contributed by atoms with E-state index in [1.807, 2.05) is 6.92 Å². The third kappa shape index (κ3) is 2.25. The molecular weight excluding hydrogens is 216 g/mol. The maximum atomic E-state index is 5.71. The molecule has 0 unspecified atom stereocenters. The molecule has 1 aromatic heterocycles. The Balaban J connectivity index is 2.30. The molecule has 0 atom stereocenters. The highest BCUT2D eigenvalue weighted by Crippen LogP contribution is 2.24. The first kappa shape index (κ1) is 11.1. The Kier molecular flexibility index (Phi) is 3.25. The van der Waals surface area contributed by atoms with Crippen LogP contribution in [0.15, 0.2) is 24.3 Å². The van der Waals surface area contributed by atoms with Crippen molar-refractivity contribution < 1.29 is 0 Å². The number of hydrogen-bond donors (Lipinski definition) is 1. The number of thiazole rings is 1. The van der Waals surface area contributed by atoms with Crippen molar-refractivity contribution in [3.05, 3.63) is 46.0 Å². The first-order valence-corrected chi connectivity index (χ1v) is 6.31. The first-order valence-electron chi connectivity index (χ1n) is 5.49. The average Bonchev–Trinajstić information content (AvgIpc) is 2.58. The Morgan fingerprint density at radius 1 is 1.25 bits per heavy atom. The molecule has 0 aliphatic heterocycles. The molecule has 1 heterocycles. The monoisotopic (exact) mass is 232 g/mol. The molecule has 0 radical (unpaired) electrons. The summed E-state index contributed by atoms with van der Waals surface area (Å²) in [5, 5.41) is 0.668. The van der Waals surface area contributed by atoms with Crippen molar-refractivity contribution in [2.75, 3.05) is 5.73 Å². The van der Waals surface area contributed by atoms with E-state index in [0.29, 0.717) is 5.13 Å². The minimum absolute atomic E-state index is 0.668. The van der Waals surface area contributed by atoms with Crippen LogP contribution in [0.1, 0.15) is 28.6 Å². The van der Waals surface area contributed by atoms with Gasteiger partial charge in [-0.3, -0.25) is 0 Å². The quantitative estimate of drug-likeness (QED) is 0.882.